The molecular weight excluding hydrogens is 251 g/mol. The molecule has 0 aromatic rings. The second-order valence-corrected chi connectivity index (χ2v) is 8.78. The predicted molar refractivity (Wildman–Crippen MR) is 85.3 cm³/mol. The first-order chi connectivity index (χ1) is 8.83. The van der Waals surface area contributed by atoms with Crippen molar-refractivity contribution >= 4 is 15.0 Å². The highest BCUT2D eigenvalue weighted by atomic mass is 31.0. The van der Waals surface area contributed by atoms with Crippen LogP contribution in [0.5, 0.6) is 0 Å². The fourth-order valence-electron chi connectivity index (χ4n) is 4.85. The maximum absolute atomic E-state index is 12.0. The standard InChI is InChI=1S/C17H31OP/c1-11-6-5-7-17(4)10-15(13(3)19)8-14(12(2)18)9-16(11)17/h11,13-16H,5-10,19H2,1-4H3/t11-,13+,14?,15-,16-,17-/m1/s1. The van der Waals surface area contributed by atoms with Gasteiger partial charge < -0.3 is 0 Å². The molecule has 2 fully saturated rings. The maximum atomic E-state index is 12.0. The molecule has 2 unspecified atom stereocenters. The smallest absolute Gasteiger partial charge is 0.132 e. The minimum atomic E-state index is 0.320. The number of Topliss-reactive ketones (excluding diaryl/α,β-unsaturated/α-hetero) is 1. The van der Waals surface area contributed by atoms with Gasteiger partial charge in [-0.2, -0.15) is 0 Å². The van der Waals surface area contributed by atoms with Crippen LogP contribution in [0, 0.1) is 29.1 Å². The molecule has 0 saturated heterocycles. The van der Waals surface area contributed by atoms with Crippen LogP contribution in [-0.4, -0.2) is 11.4 Å². The van der Waals surface area contributed by atoms with Gasteiger partial charge in [0.2, 0.25) is 0 Å². The lowest BCUT2D eigenvalue weighted by Gasteiger charge is -2.46. The zero-order chi connectivity index (χ0) is 14.2. The molecule has 0 bridgehead atoms. The van der Waals surface area contributed by atoms with Crippen molar-refractivity contribution in [2.75, 3.05) is 0 Å². The SMILES string of the molecule is CC(=O)C1C[C@@H]([C@H](C)P)C[C@@]2(C)CCC[C@@H](C)[C@H]2C1. The summed E-state index contributed by atoms with van der Waals surface area (Å²) >= 11 is 0. The van der Waals surface area contributed by atoms with E-state index in [1.54, 1.807) is 0 Å². The quantitative estimate of drug-likeness (QED) is 0.671. The molecule has 2 aliphatic carbocycles. The summed E-state index contributed by atoms with van der Waals surface area (Å²) < 4.78 is 0. The number of carbonyl (C=O) groups is 1. The van der Waals surface area contributed by atoms with Gasteiger partial charge in [-0.1, -0.05) is 33.6 Å². The summed E-state index contributed by atoms with van der Waals surface area (Å²) in [5, 5.41) is 0. The van der Waals surface area contributed by atoms with E-state index in [0.29, 0.717) is 28.7 Å². The van der Waals surface area contributed by atoms with Crippen molar-refractivity contribution in [1.29, 1.82) is 0 Å². The topological polar surface area (TPSA) is 17.1 Å². The molecule has 2 saturated carbocycles. The van der Waals surface area contributed by atoms with E-state index in [1.807, 2.05) is 6.92 Å². The summed E-state index contributed by atoms with van der Waals surface area (Å²) in [5.74, 6) is 3.03. The third-order valence-corrected chi connectivity index (χ3v) is 6.71. The van der Waals surface area contributed by atoms with E-state index >= 15 is 0 Å². The van der Waals surface area contributed by atoms with Gasteiger partial charge in [-0.15, -0.1) is 9.24 Å². The average molecular weight is 282 g/mol. The summed E-state index contributed by atoms with van der Waals surface area (Å²) in [4.78, 5) is 12.0. The number of carbonyl (C=O) groups excluding carboxylic acids is 1. The highest BCUT2D eigenvalue weighted by molar-refractivity contribution is 7.17. The molecular formula is C17H31OP. The average Bonchev–Trinajstić information content (AvgIpc) is 2.46. The number of hydrogen-bond donors (Lipinski definition) is 0. The fourth-order valence-corrected chi connectivity index (χ4v) is 5.15. The van der Waals surface area contributed by atoms with Crippen LogP contribution in [-0.2, 0) is 4.79 Å². The molecule has 0 amide bonds. The molecule has 19 heavy (non-hydrogen) atoms. The molecule has 0 aliphatic heterocycles. The van der Waals surface area contributed by atoms with Gasteiger partial charge in [-0.25, -0.2) is 0 Å². The van der Waals surface area contributed by atoms with Crippen molar-refractivity contribution in [2.24, 2.45) is 29.1 Å². The minimum Gasteiger partial charge on any atom is -0.300 e. The molecule has 2 heteroatoms. The number of hydrogen-bond acceptors (Lipinski definition) is 1. The van der Waals surface area contributed by atoms with E-state index in [1.165, 1.54) is 25.7 Å². The van der Waals surface area contributed by atoms with Crippen LogP contribution in [0.25, 0.3) is 0 Å². The van der Waals surface area contributed by atoms with E-state index in [-0.39, 0.29) is 0 Å². The van der Waals surface area contributed by atoms with Crippen molar-refractivity contribution in [3.63, 3.8) is 0 Å². The lowest BCUT2D eigenvalue weighted by Crippen LogP contribution is -2.37. The van der Waals surface area contributed by atoms with Crippen molar-refractivity contribution in [1.82, 2.24) is 0 Å². The molecule has 0 heterocycles. The summed E-state index contributed by atoms with van der Waals surface area (Å²) in [6.07, 6.45) is 7.74. The molecule has 0 N–H and O–H groups in total. The Morgan fingerprint density at radius 3 is 2.63 bits per heavy atom. The Bertz CT molecular complexity index is 338. The molecule has 2 rings (SSSR count). The van der Waals surface area contributed by atoms with Gasteiger partial charge in [0, 0.05) is 5.92 Å². The second kappa shape index (κ2) is 5.84. The van der Waals surface area contributed by atoms with E-state index in [0.717, 1.165) is 24.7 Å². The van der Waals surface area contributed by atoms with Crippen LogP contribution in [0.1, 0.15) is 66.2 Å². The van der Waals surface area contributed by atoms with Gasteiger partial charge in [0.1, 0.15) is 5.78 Å². The first-order valence-corrected chi connectivity index (χ1v) is 8.76. The largest absolute Gasteiger partial charge is 0.300 e. The van der Waals surface area contributed by atoms with Gasteiger partial charge in [-0.05, 0) is 61.4 Å². The van der Waals surface area contributed by atoms with Crippen LogP contribution in [0.3, 0.4) is 0 Å². The van der Waals surface area contributed by atoms with E-state index in [9.17, 15) is 4.79 Å². The van der Waals surface area contributed by atoms with Gasteiger partial charge in [-0.3, -0.25) is 4.79 Å². The third-order valence-electron chi connectivity index (χ3n) is 6.16. The lowest BCUT2D eigenvalue weighted by molar-refractivity contribution is -0.122. The summed E-state index contributed by atoms with van der Waals surface area (Å²) in [6, 6.07) is 0. The van der Waals surface area contributed by atoms with Crippen LogP contribution in [0.4, 0.5) is 0 Å². The second-order valence-electron chi connectivity index (χ2n) is 7.73. The highest BCUT2D eigenvalue weighted by Crippen LogP contribution is 2.54. The minimum absolute atomic E-state index is 0.320. The van der Waals surface area contributed by atoms with E-state index in [2.05, 4.69) is 30.0 Å². The Hall–Kier alpha value is 0.100. The van der Waals surface area contributed by atoms with Crippen LogP contribution in [0.2, 0.25) is 0 Å². The predicted octanol–water partition coefficient (Wildman–Crippen LogP) is 4.70. The molecule has 0 aromatic carbocycles. The zero-order valence-corrected chi connectivity index (χ0v) is 14.3. The molecule has 2 aliphatic rings. The van der Waals surface area contributed by atoms with Gasteiger partial charge in [0.25, 0.3) is 0 Å². The zero-order valence-electron chi connectivity index (χ0n) is 13.1. The van der Waals surface area contributed by atoms with Crippen LogP contribution in [0.15, 0.2) is 0 Å². The van der Waals surface area contributed by atoms with E-state index < -0.39 is 0 Å². The van der Waals surface area contributed by atoms with Crippen molar-refractivity contribution < 1.29 is 4.79 Å². The Balaban J connectivity index is 2.28. The van der Waals surface area contributed by atoms with Gasteiger partial charge in [0.15, 0.2) is 0 Å². The lowest BCUT2D eigenvalue weighted by atomic mass is 9.59. The fraction of sp³-hybridized carbons (Fsp3) is 0.941. The Morgan fingerprint density at radius 2 is 2.05 bits per heavy atom. The highest BCUT2D eigenvalue weighted by Gasteiger charge is 2.46. The van der Waals surface area contributed by atoms with Gasteiger partial charge in [0.05, 0.1) is 0 Å². The number of fused-ring (bicyclic) bond motifs is 1. The molecule has 110 valence electrons. The normalized spacial score (nSPS) is 45.1. The molecule has 0 spiro atoms. The molecule has 1 nitrogen and oxygen atoms in total. The molecule has 0 radical (unpaired) electrons. The van der Waals surface area contributed by atoms with E-state index in [4.69, 9.17) is 0 Å². The first kappa shape index (κ1) is 15.5. The number of ketones is 1. The Kier molecular flexibility index (Phi) is 4.76. The Morgan fingerprint density at radius 1 is 1.37 bits per heavy atom. The maximum Gasteiger partial charge on any atom is 0.132 e. The van der Waals surface area contributed by atoms with Gasteiger partial charge >= 0.3 is 0 Å². The first-order valence-electron chi connectivity index (χ1n) is 8.09. The summed E-state index contributed by atoms with van der Waals surface area (Å²) in [7, 11) is 2.99. The molecule has 7 atom stereocenters. The monoisotopic (exact) mass is 282 g/mol. The van der Waals surface area contributed by atoms with Crippen molar-refractivity contribution in [3.05, 3.63) is 0 Å². The van der Waals surface area contributed by atoms with Crippen LogP contribution < -0.4 is 0 Å². The van der Waals surface area contributed by atoms with Crippen LogP contribution >= 0.6 is 9.24 Å². The summed E-state index contributed by atoms with van der Waals surface area (Å²) in [6.45, 7) is 9.05. The molecule has 0 aromatic heterocycles. The number of rotatable bonds is 2. The van der Waals surface area contributed by atoms with Crippen molar-refractivity contribution in [2.45, 2.75) is 71.9 Å². The van der Waals surface area contributed by atoms with Crippen molar-refractivity contribution in [3.8, 4) is 0 Å². The Labute approximate surface area is 121 Å². The third kappa shape index (κ3) is 3.23. The summed E-state index contributed by atoms with van der Waals surface area (Å²) in [5.41, 5.74) is 1.12.